The van der Waals surface area contributed by atoms with Gasteiger partial charge in [0.25, 0.3) is 0 Å². The van der Waals surface area contributed by atoms with E-state index >= 15 is 0 Å². The van der Waals surface area contributed by atoms with Crippen molar-refractivity contribution in [1.29, 1.82) is 0 Å². The Morgan fingerprint density at radius 3 is 1.91 bits per heavy atom. The Morgan fingerprint density at radius 1 is 0.882 bits per heavy atom. The van der Waals surface area contributed by atoms with Gasteiger partial charge in [0.15, 0.2) is 0 Å². The molecule has 0 saturated heterocycles. The zero-order valence-electron chi connectivity index (χ0n) is 20.2. The minimum absolute atomic E-state index is 0.260. The van der Waals surface area contributed by atoms with E-state index in [9.17, 15) is 9.36 Å². The summed E-state index contributed by atoms with van der Waals surface area (Å²) < 4.78 is 19.7. The second-order valence-corrected chi connectivity index (χ2v) is 10.8. The van der Waals surface area contributed by atoms with Gasteiger partial charge in [-0.2, -0.15) is 0 Å². The minimum atomic E-state index is -3.17. The van der Waals surface area contributed by atoms with Crippen molar-refractivity contribution in [2.45, 2.75) is 45.6 Å². The van der Waals surface area contributed by atoms with E-state index in [0.717, 1.165) is 41.9 Å². The normalized spacial score (nSPS) is 12.9. The summed E-state index contributed by atoms with van der Waals surface area (Å²) in [5.41, 5.74) is 2.67. The molecule has 0 aliphatic heterocycles. The molecule has 0 fully saturated rings. The van der Waals surface area contributed by atoms with Crippen LogP contribution in [0.25, 0.3) is 0 Å². The zero-order valence-corrected chi connectivity index (χ0v) is 21.1. The molecule has 0 aromatic heterocycles. The summed E-state index contributed by atoms with van der Waals surface area (Å²) in [7, 11) is -1.80. The van der Waals surface area contributed by atoms with E-state index in [4.69, 9.17) is 4.74 Å². The molecule has 34 heavy (non-hydrogen) atoms. The van der Waals surface area contributed by atoms with Gasteiger partial charge in [0.05, 0.1) is 18.7 Å². The lowest BCUT2D eigenvalue weighted by atomic mass is 9.94. The summed E-state index contributed by atoms with van der Waals surface area (Å²) >= 11 is 0. The van der Waals surface area contributed by atoms with Gasteiger partial charge in [0, 0.05) is 10.6 Å². The first-order valence-electron chi connectivity index (χ1n) is 11.9. The molecule has 4 nitrogen and oxygen atoms in total. The van der Waals surface area contributed by atoms with Crippen molar-refractivity contribution in [3.63, 3.8) is 0 Å². The van der Waals surface area contributed by atoms with Crippen molar-refractivity contribution >= 4 is 23.9 Å². The highest BCUT2D eigenvalue weighted by atomic mass is 31.2. The van der Waals surface area contributed by atoms with Crippen molar-refractivity contribution in [2.24, 2.45) is 0 Å². The van der Waals surface area contributed by atoms with Crippen LogP contribution in [0.1, 0.15) is 61.5 Å². The van der Waals surface area contributed by atoms with Crippen LogP contribution >= 0.6 is 7.29 Å². The van der Waals surface area contributed by atoms with Gasteiger partial charge in [0.2, 0.25) is 7.29 Å². The predicted octanol–water partition coefficient (Wildman–Crippen LogP) is 6.56. The van der Waals surface area contributed by atoms with E-state index in [-0.39, 0.29) is 12.0 Å². The quantitative estimate of drug-likeness (QED) is 0.194. The number of ether oxygens (including phenoxy) is 1. The molecule has 0 amide bonds. The third kappa shape index (κ3) is 6.14. The highest BCUT2D eigenvalue weighted by Crippen LogP contribution is 2.44. The van der Waals surface area contributed by atoms with Crippen LogP contribution in [0.5, 0.6) is 0 Å². The van der Waals surface area contributed by atoms with Crippen molar-refractivity contribution in [3.8, 4) is 0 Å². The molecule has 0 aliphatic rings. The van der Waals surface area contributed by atoms with E-state index in [0.29, 0.717) is 5.56 Å². The largest absolute Gasteiger partial charge is 0.465 e. The Kier molecular flexibility index (Phi) is 9.44. The number of rotatable bonds is 11. The van der Waals surface area contributed by atoms with Gasteiger partial charge >= 0.3 is 5.97 Å². The highest BCUT2D eigenvalue weighted by Gasteiger charge is 2.32. The first-order chi connectivity index (χ1) is 16.5. The molecule has 1 N–H and O–H groups in total. The van der Waals surface area contributed by atoms with Crippen LogP contribution in [0.3, 0.4) is 0 Å². The van der Waals surface area contributed by atoms with Crippen LogP contribution < -0.4 is 15.7 Å². The van der Waals surface area contributed by atoms with Crippen LogP contribution in [-0.4, -0.2) is 13.1 Å². The fraction of sp³-hybridized carbons (Fsp3) is 0.276. The fourth-order valence-electron chi connectivity index (χ4n) is 4.04. The number of benzene rings is 3. The number of carbonyl (C=O) groups excluding carboxylic acids is 1. The molecular formula is C29H34NO3P. The molecule has 0 bridgehead atoms. The maximum atomic E-state index is 14.8. The molecule has 0 spiro atoms. The summed E-state index contributed by atoms with van der Waals surface area (Å²) in [6.07, 6.45) is 6.13. The molecule has 3 rings (SSSR count). The molecule has 5 heteroatoms. The van der Waals surface area contributed by atoms with Crippen molar-refractivity contribution in [2.75, 3.05) is 7.11 Å². The lowest BCUT2D eigenvalue weighted by molar-refractivity contribution is 0.0600. The van der Waals surface area contributed by atoms with E-state index in [1.54, 1.807) is 12.1 Å². The van der Waals surface area contributed by atoms with Gasteiger partial charge in [-0.25, -0.2) is 9.88 Å². The zero-order chi connectivity index (χ0) is 24.4. The standard InChI is InChI=1S/C29H34NO3P/c1-4-6-14-23(13-5-2)28(24-19-21-25(22-20-24)29(31)33-3)30-34(32,26-15-9-7-10-16-26)27-17-11-8-12-18-27/h7-12,14-22,28H,4-6,13H2,1-3H3,(H,30,32)/b23-14-. The van der Waals surface area contributed by atoms with Crippen molar-refractivity contribution in [1.82, 2.24) is 5.09 Å². The van der Waals surface area contributed by atoms with Crippen LogP contribution in [0, 0.1) is 0 Å². The van der Waals surface area contributed by atoms with Gasteiger partial charge in [-0.1, -0.05) is 86.9 Å². The Balaban J connectivity index is 2.14. The molecule has 3 aromatic rings. The van der Waals surface area contributed by atoms with Gasteiger partial charge in [-0.3, -0.25) is 4.57 Å². The minimum Gasteiger partial charge on any atom is -0.465 e. The van der Waals surface area contributed by atoms with Crippen molar-refractivity contribution < 1.29 is 14.1 Å². The molecule has 0 radical (unpaired) electrons. The molecule has 3 aromatic carbocycles. The maximum Gasteiger partial charge on any atom is 0.337 e. The SMILES string of the molecule is CCC/C=C(/CCC)C(NP(=O)(c1ccccc1)c1ccccc1)c1ccc(C(=O)OC)cc1. The predicted molar refractivity (Wildman–Crippen MR) is 141 cm³/mol. The van der Waals surface area contributed by atoms with Gasteiger partial charge < -0.3 is 4.74 Å². The highest BCUT2D eigenvalue weighted by molar-refractivity contribution is 7.76. The van der Waals surface area contributed by atoms with Crippen LogP contribution in [0.4, 0.5) is 0 Å². The lowest BCUT2D eigenvalue weighted by Gasteiger charge is -2.29. The number of carbonyl (C=O) groups is 1. The molecule has 1 unspecified atom stereocenters. The number of hydrogen-bond acceptors (Lipinski definition) is 3. The molecule has 0 saturated carbocycles. The molecule has 1 atom stereocenters. The molecule has 0 heterocycles. The summed E-state index contributed by atoms with van der Waals surface area (Å²) in [5, 5.41) is 5.14. The van der Waals surface area contributed by atoms with Gasteiger partial charge in [-0.15, -0.1) is 0 Å². The van der Waals surface area contributed by atoms with Crippen LogP contribution in [0.15, 0.2) is 96.6 Å². The number of allylic oxidation sites excluding steroid dienone is 1. The van der Waals surface area contributed by atoms with Gasteiger partial charge in [-0.05, 0) is 54.8 Å². The lowest BCUT2D eigenvalue weighted by Crippen LogP contribution is -2.31. The number of methoxy groups -OCH3 is 1. The molecule has 0 aliphatic carbocycles. The van der Waals surface area contributed by atoms with Crippen LogP contribution in [0.2, 0.25) is 0 Å². The molecular weight excluding hydrogens is 441 g/mol. The second-order valence-electron chi connectivity index (χ2n) is 8.27. The Labute approximate surface area is 203 Å². The Bertz CT molecular complexity index is 1080. The first-order valence-corrected chi connectivity index (χ1v) is 13.6. The smallest absolute Gasteiger partial charge is 0.337 e. The average molecular weight is 476 g/mol. The van der Waals surface area contributed by atoms with Crippen LogP contribution in [-0.2, 0) is 9.30 Å². The third-order valence-corrected chi connectivity index (χ3v) is 8.49. The Morgan fingerprint density at radius 2 is 1.44 bits per heavy atom. The van der Waals surface area contributed by atoms with Crippen molar-refractivity contribution in [3.05, 3.63) is 108 Å². The summed E-state index contributed by atoms with van der Waals surface area (Å²) in [6.45, 7) is 4.32. The Hall–Kier alpha value is -2.94. The summed E-state index contributed by atoms with van der Waals surface area (Å²) in [5.74, 6) is -0.370. The van der Waals surface area contributed by atoms with E-state index in [2.05, 4.69) is 25.0 Å². The van der Waals surface area contributed by atoms with E-state index in [1.165, 1.54) is 12.7 Å². The number of unbranched alkanes of at least 4 members (excludes halogenated alkanes) is 1. The van der Waals surface area contributed by atoms with E-state index in [1.807, 2.05) is 72.8 Å². The average Bonchev–Trinajstić information content (AvgIpc) is 2.90. The molecule has 178 valence electrons. The topological polar surface area (TPSA) is 55.4 Å². The second kappa shape index (κ2) is 12.5. The number of hydrogen-bond donors (Lipinski definition) is 1. The first kappa shape index (κ1) is 25.7. The monoisotopic (exact) mass is 475 g/mol. The van der Waals surface area contributed by atoms with E-state index < -0.39 is 7.29 Å². The third-order valence-electron chi connectivity index (χ3n) is 5.82. The number of esters is 1. The fourth-order valence-corrected chi connectivity index (χ4v) is 6.50. The summed E-state index contributed by atoms with van der Waals surface area (Å²) in [4.78, 5) is 12.0. The maximum absolute atomic E-state index is 14.8. The van der Waals surface area contributed by atoms with Gasteiger partial charge in [0.1, 0.15) is 0 Å². The summed E-state index contributed by atoms with van der Waals surface area (Å²) in [6, 6.07) is 26.4. The number of nitrogens with one attached hydrogen (secondary N) is 1.